The Balaban J connectivity index is 2.69. The van der Waals surface area contributed by atoms with Gasteiger partial charge in [0, 0.05) is 23.5 Å². The first kappa shape index (κ1) is 12.1. The van der Waals surface area contributed by atoms with Gasteiger partial charge in [-0.1, -0.05) is 11.6 Å². The molecule has 16 heavy (non-hydrogen) atoms. The first-order valence-electron chi connectivity index (χ1n) is 5.06. The van der Waals surface area contributed by atoms with Crippen LogP contribution in [0.25, 0.3) is 0 Å². The van der Waals surface area contributed by atoms with Crippen LogP contribution in [0.3, 0.4) is 0 Å². The van der Waals surface area contributed by atoms with E-state index in [4.69, 9.17) is 11.5 Å². The van der Waals surface area contributed by atoms with Crippen molar-refractivity contribution in [2.24, 2.45) is 0 Å². The predicted molar refractivity (Wildman–Crippen MR) is 67.0 cm³/mol. The molecule has 4 heteroatoms. The molecule has 0 radical (unpaired) electrons. The van der Waals surface area contributed by atoms with E-state index in [0.29, 0.717) is 23.5 Å². The van der Waals surface area contributed by atoms with Crippen LogP contribution in [0.15, 0.2) is 29.8 Å². The van der Waals surface area contributed by atoms with E-state index in [-0.39, 0.29) is 5.91 Å². The van der Waals surface area contributed by atoms with Gasteiger partial charge in [0.05, 0.1) is 0 Å². The van der Waals surface area contributed by atoms with Crippen LogP contribution in [0.4, 0.5) is 11.4 Å². The fourth-order valence-corrected chi connectivity index (χ4v) is 1.26. The number of amides is 1. The van der Waals surface area contributed by atoms with Gasteiger partial charge in [-0.2, -0.15) is 0 Å². The molecule has 0 saturated heterocycles. The van der Waals surface area contributed by atoms with Crippen molar-refractivity contribution in [2.75, 3.05) is 18.0 Å². The van der Waals surface area contributed by atoms with E-state index in [1.807, 2.05) is 19.9 Å². The molecule has 0 aliphatic heterocycles. The van der Waals surface area contributed by atoms with Gasteiger partial charge >= 0.3 is 0 Å². The maximum absolute atomic E-state index is 11.7. The number of hydrogen-bond acceptors (Lipinski definition) is 3. The fraction of sp³-hybridized carbons (Fsp3) is 0.250. The molecule has 1 aromatic carbocycles. The zero-order chi connectivity index (χ0) is 12.1. The number of carbonyl (C=O) groups excluding carboxylic acids is 1. The van der Waals surface area contributed by atoms with E-state index in [1.165, 1.54) is 0 Å². The lowest BCUT2D eigenvalue weighted by molar-refractivity contribution is 0.0958. The Morgan fingerprint density at radius 3 is 2.31 bits per heavy atom. The Morgan fingerprint density at radius 2 is 1.81 bits per heavy atom. The van der Waals surface area contributed by atoms with Gasteiger partial charge in [0.2, 0.25) is 0 Å². The lowest BCUT2D eigenvalue weighted by atomic mass is 10.1. The zero-order valence-electron chi connectivity index (χ0n) is 9.58. The van der Waals surface area contributed by atoms with E-state index in [0.717, 1.165) is 5.57 Å². The van der Waals surface area contributed by atoms with E-state index in [9.17, 15) is 4.79 Å². The lowest BCUT2D eigenvalue weighted by Crippen LogP contribution is -2.23. The fourth-order valence-electron chi connectivity index (χ4n) is 1.26. The smallest absolute Gasteiger partial charge is 0.251 e. The second-order valence-electron chi connectivity index (χ2n) is 3.88. The van der Waals surface area contributed by atoms with Crippen LogP contribution in [0.5, 0.6) is 0 Å². The molecule has 0 bridgehead atoms. The second-order valence-corrected chi connectivity index (χ2v) is 3.88. The van der Waals surface area contributed by atoms with Crippen LogP contribution >= 0.6 is 0 Å². The summed E-state index contributed by atoms with van der Waals surface area (Å²) in [5.74, 6) is -0.170. The number of rotatable bonds is 3. The highest BCUT2D eigenvalue weighted by molar-refractivity contribution is 5.96. The highest BCUT2D eigenvalue weighted by atomic mass is 16.1. The third-order valence-corrected chi connectivity index (χ3v) is 2.01. The van der Waals surface area contributed by atoms with Gasteiger partial charge in [0.1, 0.15) is 0 Å². The molecule has 0 aliphatic carbocycles. The van der Waals surface area contributed by atoms with Crippen molar-refractivity contribution in [1.29, 1.82) is 0 Å². The summed E-state index contributed by atoms with van der Waals surface area (Å²) in [5, 5.41) is 2.76. The third kappa shape index (κ3) is 3.65. The highest BCUT2D eigenvalue weighted by Crippen LogP contribution is 2.13. The maximum atomic E-state index is 11.7. The molecule has 4 nitrogen and oxygen atoms in total. The molecule has 5 N–H and O–H groups in total. The van der Waals surface area contributed by atoms with Gasteiger partial charge in [-0.25, -0.2) is 0 Å². The molecule has 1 rings (SSSR count). The van der Waals surface area contributed by atoms with Gasteiger partial charge in [-0.05, 0) is 32.0 Å². The topological polar surface area (TPSA) is 81.1 Å². The molecule has 1 aromatic rings. The second kappa shape index (κ2) is 5.21. The molecule has 0 atom stereocenters. The summed E-state index contributed by atoms with van der Waals surface area (Å²) >= 11 is 0. The molecular weight excluding hydrogens is 202 g/mol. The molecule has 0 saturated carbocycles. The normalized spacial score (nSPS) is 9.62. The summed E-state index contributed by atoms with van der Waals surface area (Å²) in [6.07, 6.45) is 1.94. The number of nitrogens with one attached hydrogen (secondary N) is 1. The number of anilines is 2. The van der Waals surface area contributed by atoms with Crippen molar-refractivity contribution in [3.63, 3.8) is 0 Å². The zero-order valence-corrected chi connectivity index (χ0v) is 9.58. The SMILES string of the molecule is CC(C)=CCNC(=O)c1cc(N)cc(N)c1. The average molecular weight is 219 g/mol. The van der Waals surface area contributed by atoms with Crippen LogP contribution in [0.1, 0.15) is 24.2 Å². The Kier molecular flexibility index (Phi) is 3.94. The Labute approximate surface area is 95.3 Å². The molecule has 0 spiro atoms. The molecule has 0 aliphatic rings. The molecule has 86 valence electrons. The van der Waals surface area contributed by atoms with Crippen molar-refractivity contribution in [3.8, 4) is 0 Å². The standard InChI is InChI=1S/C12H17N3O/c1-8(2)3-4-15-12(16)9-5-10(13)7-11(14)6-9/h3,5-7H,4,13-14H2,1-2H3,(H,15,16). The summed E-state index contributed by atoms with van der Waals surface area (Å²) in [6.45, 7) is 4.46. The van der Waals surface area contributed by atoms with E-state index in [1.54, 1.807) is 18.2 Å². The van der Waals surface area contributed by atoms with Gasteiger partial charge in [-0.15, -0.1) is 0 Å². The van der Waals surface area contributed by atoms with Gasteiger partial charge < -0.3 is 16.8 Å². The highest BCUT2D eigenvalue weighted by Gasteiger charge is 2.05. The van der Waals surface area contributed by atoms with E-state index >= 15 is 0 Å². The Hall–Kier alpha value is -1.97. The molecule has 0 unspecified atom stereocenters. The third-order valence-electron chi connectivity index (χ3n) is 2.01. The Bertz CT molecular complexity index is 400. The van der Waals surface area contributed by atoms with Crippen LogP contribution in [-0.4, -0.2) is 12.5 Å². The van der Waals surface area contributed by atoms with Crippen molar-refractivity contribution < 1.29 is 4.79 Å². The largest absolute Gasteiger partial charge is 0.399 e. The summed E-state index contributed by atoms with van der Waals surface area (Å²) in [4.78, 5) is 11.7. The van der Waals surface area contributed by atoms with Crippen molar-refractivity contribution >= 4 is 17.3 Å². The predicted octanol–water partition coefficient (Wildman–Crippen LogP) is 1.55. The number of nitrogens with two attached hydrogens (primary N) is 2. The molecular formula is C12H17N3O. The minimum absolute atomic E-state index is 0.170. The quantitative estimate of drug-likeness (QED) is 0.533. The minimum atomic E-state index is -0.170. The van der Waals surface area contributed by atoms with Gasteiger partial charge in [0.25, 0.3) is 5.91 Å². The molecule has 1 amide bonds. The van der Waals surface area contributed by atoms with Crippen LogP contribution < -0.4 is 16.8 Å². The van der Waals surface area contributed by atoms with Crippen LogP contribution in [0, 0.1) is 0 Å². The summed E-state index contributed by atoms with van der Waals surface area (Å²) in [7, 11) is 0. The summed E-state index contributed by atoms with van der Waals surface area (Å²) in [6, 6.07) is 4.83. The van der Waals surface area contributed by atoms with Crippen molar-refractivity contribution in [3.05, 3.63) is 35.4 Å². The van der Waals surface area contributed by atoms with E-state index < -0.39 is 0 Å². The maximum Gasteiger partial charge on any atom is 0.251 e. The molecule has 0 aromatic heterocycles. The molecule has 0 heterocycles. The summed E-state index contributed by atoms with van der Waals surface area (Å²) in [5.41, 5.74) is 13.8. The Morgan fingerprint density at radius 1 is 1.25 bits per heavy atom. The van der Waals surface area contributed by atoms with Crippen LogP contribution in [0.2, 0.25) is 0 Å². The molecule has 0 fully saturated rings. The first-order chi connectivity index (χ1) is 7.49. The van der Waals surface area contributed by atoms with E-state index in [2.05, 4.69) is 5.32 Å². The number of allylic oxidation sites excluding steroid dienone is 1. The first-order valence-corrected chi connectivity index (χ1v) is 5.06. The lowest BCUT2D eigenvalue weighted by Gasteiger charge is -2.05. The van der Waals surface area contributed by atoms with Gasteiger partial charge in [-0.3, -0.25) is 4.79 Å². The number of hydrogen-bond donors (Lipinski definition) is 3. The van der Waals surface area contributed by atoms with Crippen LogP contribution in [-0.2, 0) is 0 Å². The monoisotopic (exact) mass is 219 g/mol. The average Bonchev–Trinajstić information content (AvgIpc) is 2.15. The van der Waals surface area contributed by atoms with Crippen molar-refractivity contribution in [2.45, 2.75) is 13.8 Å². The van der Waals surface area contributed by atoms with Gasteiger partial charge in [0.15, 0.2) is 0 Å². The number of nitrogen functional groups attached to an aromatic ring is 2. The number of benzene rings is 1. The minimum Gasteiger partial charge on any atom is -0.399 e. The summed E-state index contributed by atoms with van der Waals surface area (Å²) < 4.78 is 0. The number of carbonyl (C=O) groups is 1. The van der Waals surface area contributed by atoms with Crippen molar-refractivity contribution in [1.82, 2.24) is 5.32 Å².